The smallest absolute Gasteiger partial charge is 0.255 e. The largest absolute Gasteiger partial charge is 0.510 e. The fraction of sp³-hybridized carbons (Fsp3) is 0.581. The number of fused-ring (bicyclic) bond motifs is 3. The van der Waals surface area contributed by atoms with Crippen molar-refractivity contribution in [1.82, 2.24) is 9.80 Å². The number of hydrogen-bond donors (Lipinski definition) is 5. The summed E-state index contributed by atoms with van der Waals surface area (Å²) in [4.78, 5) is 45.7. The molecule has 1 fully saturated rings. The van der Waals surface area contributed by atoms with Crippen LogP contribution < -0.4 is 10.6 Å². The third kappa shape index (κ3) is 4.70. The van der Waals surface area contributed by atoms with Gasteiger partial charge in [-0.25, -0.2) is 4.39 Å². The van der Waals surface area contributed by atoms with Crippen molar-refractivity contribution in [3.8, 4) is 5.75 Å². The molecule has 0 spiro atoms. The van der Waals surface area contributed by atoms with Crippen molar-refractivity contribution in [2.75, 3.05) is 45.2 Å². The lowest BCUT2D eigenvalue weighted by Gasteiger charge is -2.50. The van der Waals surface area contributed by atoms with Crippen molar-refractivity contribution in [3.63, 3.8) is 0 Å². The number of hydrogen-bond acceptors (Lipinski definition) is 10. The minimum absolute atomic E-state index is 0.000518. The Hall–Kier alpha value is -3.48. The number of phenols is 1. The molecule has 5 rings (SSSR count). The molecular formula is C31H41FN4O7. The Bertz CT molecular complexity index is 1430. The van der Waals surface area contributed by atoms with Crippen molar-refractivity contribution in [2.45, 2.75) is 63.9 Å². The van der Waals surface area contributed by atoms with E-state index in [9.17, 15) is 39.2 Å². The molecule has 1 aromatic rings. The second kappa shape index (κ2) is 11.2. The normalized spacial score (nSPS) is 28.2. The van der Waals surface area contributed by atoms with Gasteiger partial charge in [0.1, 0.15) is 29.0 Å². The van der Waals surface area contributed by atoms with E-state index >= 15 is 0 Å². The third-order valence-electron chi connectivity index (χ3n) is 9.79. The molecule has 1 aliphatic heterocycles. The van der Waals surface area contributed by atoms with Gasteiger partial charge in [-0.05, 0) is 71.2 Å². The number of likely N-dealkylation sites (N-methyl/N-ethyl adjacent to an activating group) is 1. The van der Waals surface area contributed by atoms with E-state index in [1.165, 1.54) is 4.90 Å². The van der Waals surface area contributed by atoms with E-state index in [1.54, 1.807) is 14.1 Å². The monoisotopic (exact) mass is 600 g/mol. The maximum atomic E-state index is 14.3. The quantitative estimate of drug-likeness (QED) is 0.292. The molecule has 11 nitrogen and oxygen atoms in total. The van der Waals surface area contributed by atoms with E-state index in [2.05, 4.69) is 4.90 Å². The van der Waals surface area contributed by atoms with E-state index in [1.807, 2.05) is 24.8 Å². The molecule has 0 bridgehead atoms. The summed E-state index contributed by atoms with van der Waals surface area (Å²) in [6, 6.07) is 0.835. The zero-order valence-electron chi connectivity index (χ0n) is 25.1. The first-order valence-corrected chi connectivity index (χ1v) is 14.9. The number of alkyl halides is 1. The van der Waals surface area contributed by atoms with Gasteiger partial charge in [-0.1, -0.05) is 0 Å². The molecule has 0 saturated carbocycles. The number of carbonyl (C=O) groups is 3. The molecular weight excluding hydrogens is 559 g/mol. The van der Waals surface area contributed by atoms with Gasteiger partial charge in [0.2, 0.25) is 5.78 Å². The summed E-state index contributed by atoms with van der Waals surface area (Å²) >= 11 is 0. The first-order valence-electron chi connectivity index (χ1n) is 14.9. The summed E-state index contributed by atoms with van der Waals surface area (Å²) in [5.41, 5.74) is 3.57. The van der Waals surface area contributed by atoms with E-state index in [0.29, 0.717) is 56.7 Å². The number of aromatic hydroxyl groups is 1. The Kier molecular flexibility index (Phi) is 8.08. The number of amides is 1. The number of piperidine rings is 1. The molecule has 0 radical (unpaired) electrons. The van der Waals surface area contributed by atoms with Gasteiger partial charge in [0.25, 0.3) is 5.91 Å². The molecule has 1 amide bonds. The van der Waals surface area contributed by atoms with Gasteiger partial charge in [0.15, 0.2) is 11.4 Å². The number of primary amides is 1. The molecule has 2 unspecified atom stereocenters. The summed E-state index contributed by atoms with van der Waals surface area (Å²) < 4.78 is 13.8. The highest BCUT2D eigenvalue weighted by Crippen LogP contribution is 2.53. The second-order valence-corrected chi connectivity index (χ2v) is 12.3. The summed E-state index contributed by atoms with van der Waals surface area (Å²) in [5, 5.41) is 46.0. The number of ketones is 2. The number of nitrogens with two attached hydrogens (primary N) is 1. The van der Waals surface area contributed by atoms with E-state index < -0.39 is 64.2 Å². The highest BCUT2D eigenvalue weighted by molar-refractivity contribution is 6.25. The second-order valence-electron chi connectivity index (χ2n) is 12.3. The number of halogens is 1. The van der Waals surface area contributed by atoms with Gasteiger partial charge in [-0.15, -0.1) is 0 Å². The van der Waals surface area contributed by atoms with Crippen LogP contribution in [0.5, 0.6) is 5.75 Å². The molecule has 1 heterocycles. The average molecular weight is 601 g/mol. The van der Waals surface area contributed by atoms with Crippen LogP contribution in [0, 0.1) is 11.8 Å². The van der Waals surface area contributed by atoms with Crippen LogP contribution >= 0.6 is 0 Å². The number of benzene rings is 1. The summed E-state index contributed by atoms with van der Waals surface area (Å²) in [6.07, 6.45) is 0.158. The predicted molar refractivity (Wildman–Crippen MR) is 157 cm³/mol. The van der Waals surface area contributed by atoms with Crippen LogP contribution in [0.25, 0.3) is 0 Å². The van der Waals surface area contributed by atoms with Gasteiger partial charge in [0.05, 0.1) is 11.6 Å². The Morgan fingerprint density at radius 2 is 1.77 bits per heavy atom. The van der Waals surface area contributed by atoms with Crippen LogP contribution in [0.3, 0.4) is 0 Å². The Morgan fingerprint density at radius 3 is 2.33 bits per heavy atom. The fourth-order valence-corrected chi connectivity index (χ4v) is 7.62. The van der Waals surface area contributed by atoms with Crippen molar-refractivity contribution in [2.24, 2.45) is 17.6 Å². The minimum atomic E-state index is -2.68. The molecule has 6 N–H and O–H groups in total. The lowest BCUT2D eigenvalue weighted by molar-refractivity contribution is -0.148. The van der Waals surface area contributed by atoms with Crippen LogP contribution in [0.1, 0.15) is 54.6 Å². The van der Waals surface area contributed by atoms with Crippen molar-refractivity contribution >= 4 is 23.2 Å². The lowest BCUT2D eigenvalue weighted by atomic mass is 9.58. The highest BCUT2D eigenvalue weighted by atomic mass is 19.1. The summed E-state index contributed by atoms with van der Waals surface area (Å²) in [5.74, 6) is -6.69. The predicted octanol–water partition coefficient (Wildman–Crippen LogP) is 1.90. The van der Waals surface area contributed by atoms with Gasteiger partial charge in [0, 0.05) is 55.5 Å². The number of aliphatic hydroxyl groups is 3. The van der Waals surface area contributed by atoms with Gasteiger partial charge < -0.3 is 31.1 Å². The molecule has 1 aromatic carbocycles. The first-order chi connectivity index (χ1) is 20.3. The number of carbonyl (C=O) groups excluding carboxylic acids is 3. The highest BCUT2D eigenvalue weighted by Gasteiger charge is 2.63. The maximum Gasteiger partial charge on any atom is 0.255 e. The summed E-state index contributed by atoms with van der Waals surface area (Å²) in [7, 11) is 3.20. The minimum Gasteiger partial charge on any atom is -0.510 e. The number of anilines is 1. The number of nitrogens with zero attached hydrogens (tertiary/aromatic N) is 3. The Morgan fingerprint density at radius 1 is 1.14 bits per heavy atom. The van der Waals surface area contributed by atoms with Gasteiger partial charge in [-0.2, -0.15) is 0 Å². The van der Waals surface area contributed by atoms with Gasteiger partial charge >= 0.3 is 0 Å². The standard InChI is InChI=1S/C31H41FN4O7/c1-5-36(6-2)20-13-16(14-35-9-7-17(32)8-10-35)25(37)22-18(20)11-15-12-19-24(34(3)4)27(39)23(30(33)42)29(41)31(19,43)28(40)21(15)26(22)38/h13,15,17,19,24,37,39-40,43H,5-12,14H2,1-4H3,(H2,33,42)/t15?,19?,24-,31-/m0/s1. The molecule has 12 heteroatoms. The number of allylic oxidation sites excluding steroid dienone is 1. The molecule has 234 valence electrons. The van der Waals surface area contributed by atoms with Crippen molar-refractivity contribution < 1.29 is 39.2 Å². The number of Topliss-reactive ketones (excluding diaryl/α,β-unsaturated/α-hetero) is 2. The molecule has 43 heavy (non-hydrogen) atoms. The molecule has 4 atom stereocenters. The lowest BCUT2D eigenvalue weighted by Crippen LogP contribution is -2.63. The average Bonchev–Trinajstić information content (AvgIpc) is 2.94. The molecule has 4 aliphatic rings. The Labute approximate surface area is 250 Å². The molecule has 1 saturated heterocycles. The summed E-state index contributed by atoms with van der Waals surface area (Å²) in [6.45, 7) is 6.53. The molecule has 3 aliphatic carbocycles. The van der Waals surface area contributed by atoms with Crippen LogP contribution in [-0.4, -0.2) is 106 Å². The molecule has 0 aromatic heterocycles. The van der Waals surface area contributed by atoms with E-state index in [-0.39, 0.29) is 29.7 Å². The van der Waals surface area contributed by atoms with Gasteiger partial charge in [-0.3, -0.25) is 24.2 Å². The zero-order chi connectivity index (χ0) is 31.5. The third-order valence-corrected chi connectivity index (χ3v) is 9.79. The van der Waals surface area contributed by atoms with Crippen LogP contribution in [0.15, 0.2) is 28.7 Å². The van der Waals surface area contributed by atoms with Crippen molar-refractivity contribution in [1.29, 1.82) is 0 Å². The SMILES string of the molecule is CCN(CC)c1cc(CN2CCC(F)CC2)c(O)c2c1CC1CC3[C@H](N(C)C)C(O)=C(C(N)=O)C(=O)[C@@]3(O)C(O)=C1C2=O. The number of aliphatic hydroxyl groups excluding tert-OH is 2. The maximum absolute atomic E-state index is 14.3. The van der Waals surface area contributed by atoms with Crippen LogP contribution in [0.2, 0.25) is 0 Å². The fourth-order valence-electron chi connectivity index (χ4n) is 7.62. The number of rotatable bonds is 7. The van der Waals surface area contributed by atoms with Crippen molar-refractivity contribution in [3.05, 3.63) is 45.4 Å². The number of likely N-dealkylation sites (tertiary alicyclic amines) is 1. The van der Waals surface area contributed by atoms with Crippen LogP contribution in [-0.2, 0) is 22.6 Å². The first kappa shape index (κ1) is 31.0. The van der Waals surface area contributed by atoms with E-state index in [4.69, 9.17) is 5.73 Å². The van der Waals surface area contributed by atoms with E-state index in [0.717, 1.165) is 5.69 Å². The Balaban J connectivity index is 1.68. The topological polar surface area (TPSA) is 168 Å². The zero-order valence-corrected chi connectivity index (χ0v) is 25.1. The number of phenolic OH excluding ortho intramolecular Hbond substituents is 1. The van der Waals surface area contributed by atoms with Crippen LogP contribution in [0.4, 0.5) is 10.1 Å².